The average molecular weight is 590 g/mol. The first-order valence-electron chi connectivity index (χ1n) is 13.2. The first-order chi connectivity index (χ1) is 19.2. The molecule has 2 aliphatic rings. The van der Waals surface area contributed by atoms with Crippen LogP contribution in [0.15, 0.2) is 67.1 Å². The Balaban J connectivity index is 0.00000387. The number of aromatic nitrogens is 2. The van der Waals surface area contributed by atoms with E-state index in [0.717, 1.165) is 29.8 Å². The Labute approximate surface area is 242 Å². The van der Waals surface area contributed by atoms with Gasteiger partial charge in [-0.15, -0.1) is 12.4 Å². The molecule has 5 rings (SSSR count). The fraction of sp³-hybridized carbons (Fsp3) is 0.379. The number of pyridine rings is 2. The summed E-state index contributed by atoms with van der Waals surface area (Å²) in [6.07, 6.45) is -0.350. The maximum absolute atomic E-state index is 14.2. The minimum absolute atomic E-state index is 0. The van der Waals surface area contributed by atoms with E-state index < -0.39 is 28.8 Å². The molecule has 1 aromatic carbocycles. The highest BCUT2D eigenvalue weighted by Crippen LogP contribution is 2.35. The summed E-state index contributed by atoms with van der Waals surface area (Å²) < 4.78 is 47.4. The van der Waals surface area contributed by atoms with Gasteiger partial charge in [-0.3, -0.25) is 14.6 Å². The molecule has 218 valence electrons. The van der Waals surface area contributed by atoms with E-state index in [4.69, 9.17) is 4.74 Å². The summed E-state index contributed by atoms with van der Waals surface area (Å²) in [4.78, 5) is 40.8. The quantitative estimate of drug-likeness (QED) is 0.432. The fourth-order valence-electron chi connectivity index (χ4n) is 5.28. The van der Waals surface area contributed by atoms with Gasteiger partial charge in [0.25, 0.3) is 11.8 Å². The molecule has 1 atom stereocenters. The zero-order valence-electron chi connectivity index (χ0n) is 22.5. The Morgan fingerprint density at radius 2 is 1.66 bits per heavy atom. The molecule has 0 N–H and O–H groups in total. The van der Waals surface area contributed by atoms with Crippen molar-refractivity contribution in [1.82, 2.24) is 19.8 Å². The molecule has 2 aliphatic heterocycles. The monoisotopic (exact) mass is 589 g/mol. The van der Waals surface area contributed by atoms with Gasteiger partial charge in [-0.05, 0) is 50.1 Å². The van der Waals surface area contributed by atoms with Gasteiger partial charge in [0.2, 0.25) is 5.60 Å². The molecule has 2 fully saturated rings. The van der Waals surface area contributed by atoms with E-state index in [-0.39, 0.29) is 31.4 Å². The number of piperazine rings is 1. The Morgan fingerprint density at radius 1 is 0.927 bits per heavy atom. The standard InChI is InChI=1S/C29H30F3N5O3.ClH/c1-21-6-8-22(9-7-21)40-28(27(39)36-17-15-35(16-18-36)25-5-2-3-12-34-25)11-4-14-37(20-28)26(38)23-19-33-13-10-24(23)29(30,31)32;/h2-3,5-10,12-13,19H,4,11,14-18,20H2,1H3;1H. The van der Waals surface area contributed by atoms with Crippen molar-refractivity contribution < 1.29 is 27.5 Å². The van der Waals surface area contributed by atoms with Gasteiger partial charge in [0.1, 0.15) is 11.6 Å². The zero-order valence-corrected chi connectivity index (χ0v) is 23.3. The minimum Gasteiger partial charge on any atom is -0.476 e. The fourth-order valence-corrected chi connectivity index (χ4v) is 5.28. The van der Waals surface area contributed by atoms with Crippen molar-refractivity contribution in [1.29, 1.82) is 0 Å². The minimum atomic E-state index is -4.72. The number of ether oxygens (including phenoxy) is 1. The van der Waals surface area contributed by atoms with Crippen molar-refractivity contribution in [3.63, 3.8) is 0 Å². The highest BCUT2D eigenvalue weighted by atomic mass is 35.5. The van der Waals surface area contributed by atoms with Crippen molar-refractivity contribution >= 4 is 30.0 Å². The lowest BCUT2D eigenvalue weighted by Crippen LogP contribution is -2.64. The van der Waals surface area contributed by atoms with E-state index >= 15 is 0 Å². The number of piperidine rings is 1. The molecular formula is C29H31ClF3N5O3. The van der Waals surface area contributed by atoms with Gasteiger partial charge in [0, 0.05) is 51.3 Å². The topological polar surface area (TPSA) is 78.9 Å². The van der Waals surface area contributed by atoms with Crippen molar-refractivity contribution in [2.75, 3.05) is 44.2 Å². The summed E-state index contributed by atoms with van der Waals surface area (Å²) in [5.74, 6) is 0.169. The molecule has 0 aliphatic carbocycles. The van der Waals surface area contributed by atoms with Crippen LogP contribution in [0.1, 0.15) is 34.3 Å². The number of aryl methyl sites for hydroxylation is 1. The van der Waals surface area contributed by atoms with Gasteiger partial charge in [0.15, 0.2) is 0 Å². The van der Waals surface area contributed by atoms with Crippen LogP contribution in [0.2, 0.25) is 0 Å². The number of hydrogen-bond donors (Lipinski definition) is 0. The second-order valence-electron chi connectivity index (χ2n) is 10.1. The van der Waals surface area contributed by atoms with Gasteiger partial charge >= 0.3 is 6.18 Å². The first kappa shape index (κ1) is 30.1. The molecule has 3 aromatic rings. The van der Waals surface area contributed by atoms with E-state index in [9.17, 15) is 22.8 Å². The van der Waals surface area contributed by atoms with E-state index in [1.165, 1.54) is 4.90 Å². The van der Waals surface area contributed by atoms with E-state index in [1.54, 1.807) is 23.2 Å². The van der Waals surface area contributed by atoms with E-state index in [0.29, 0.717) is 44.8 Å². The molecule has 0 spiro atoms. The third-order valence-corrected chi connectivity index (χ3v) is 7.36. The van der Waals surface area contributed by atoms with Crippen molar-refractivity contribution in [2.45, 2.75) is 31.5 Å². The molecule has 4 heterocycles. The Bertz CT molecular complexity index is 1350. The lowest BCUT2D eigenvalue weighted by molar-refractivity contribution is -0.153. The second kappa shape index (κ2) is 12.3. The Hall–Kier alpha value is -3.86. The van der Waals surface area contributed by atoms with Crippen molar-refractivity contribution in [3.05, 3.63) is 83.8 Å². The Kier molecular flexibility index (Phi) is 9.06. The lowest BCUT2D eigenvalue weighted by Gasteiger charge is -2.45. The lowest BCUT2D eigenvalue weighted by atomic mass is 9.89. The molecular weight excluding hydrogens is 559 g/mol. The maximum Gasteiger partial charge on any atom is 0.417 e. The summed E-state index contributed by atoms with van der Waals surface area (Å²) in [6.45, 7) is 3.93. The zero-order chi connectivity index (χ0) is 28.3. The van der Waals surface area contributed by atoms with Crippen LogP contribution in [-0.4, -0.2) is 76.5 Å². The number of benzene rings is 1. The molecule has 2 aromatic heterocycles. The van der Waals surface area contributed by atoms with Crippen LogP contribution >= 0.6 is 12.4 Å². The van der Waals surface area contributed by atoms with Crippen LogP contribution in [0.4, 0.5) is 19.0 Å². The third kappa shape index (κ3) is 6.56. The third-order valence-electron chi connectivity index (χ3n) is 7.36. The van der Waals surface area contributed by atoms with Gasteiger partial charge in [-0.25, -0.2) is 4.98 Å². The van der Waals surface area contributed by atoms with Crippen LogP contribution in [0.5, 0.6) is 5.75 Å². The summed E-state index contributed by atoms with van der Waals surface area (Å²) in [5, 5.41) is 0. The molecule has 1 unspecified atom stereocenters. The molecule has 0 saturated carbocycles. The second-order valence-corrected chi connectivity index (χ2v) is 10.1. The normalized spacial score (nSPS) is 19.4. The average Bonchev–Trinajstić information content (AvgIpc) is 2.98. The number of amides is 2. The largest absolute Gasteiger partial charge is 0.476 e. The molecule has 2 amide bonds. The predicted molar refractivity (Wildman–Crippen MR) is 149 cm³/mol. The maximum atomic E-state index is 14.2. The molecule has 0 radical (unpaired) electrons. The van der Waals surface area contributed by atoms with Crippen molar-refractivity contribution in [2.24, 2.45) is 0 Å². The molecule has 2 saturated heterocycles. The number of nitrogens with zero attached hydrogens (tertiary/aromatic N) is 5. The molecule has 12 heteroatoms. The number of rotatable bonds is 5. The predicted octanol–water partition coefficient (Wildman–Crippen LogP) is 4.63. The van der Waals surface area contributed by atoms with Crippen LogP contribution < -0.4 is 9.64 Å². The van der Waals surface area contributed by atoms with Gasteiger partial charge in [0.05, 0.1) is 17.7 Å². The van der Waals surface area contributed by atoms with Gasteiger partial charge in [-0.1, -0.05) is 23.8 Å². The number of carbonyl (C=O) groups is 2. The highest BCUT2D eigenvalue weighted by Gasteiger charge is 2.49. The SMILES string of the molecule is Cc1ccc(OC2(C(=O)N3CCN(c4ccccn4)CC3)CCCN(C(=O)c3cnccc3C(F)(F)F)C2)cc1.Cl. The first-order valence-corrected chi connectivity index (χ1v) is 13.2. The molecule has 8 nitrogen and oxygen atoms in total. The number of halogens is 4. The number of alkyl halides is 3. The summed E-state index contributed by atoms with van der Waals surface area (Å²) in [5.41, 5.74) is -2.04. The van der Waals surface area contributed by atoms with E-state index in [1.807, 2.05) is 37.3 Å². The smallest absolute Gasteiger partial charge is 0.417 e. The summed E-state index contributed by atoms with van der Waals surface area (Å²) >= 11 is 0. The number of likely N-dealkylation sites (tertiary alicyclic amines) is 1. The van der Waals surface area contributed by atoms with E-state index in [2.05, 4.69) is 14.9 Å². The van der Waals surface area contributed by atoms with Gasteiger partial charge in [-0.2, -0.15) is 13.2 Å². The number of anilines is 1. The molecule has 41 heavy (non-hydrogen) atoms. The summed E-state index contributed by atoms with van der Waals surface area (Å²) in [6, 6.07) is 13.7. The van der Waals surface area contributed by atoms with Crippen LogP contribution in [0, 0.1) is 6.92 Å². The van der Waals surface area contributed by atoms with Crippen LogP contribution in [0.3, 0.4) is 0 Å². The highest BCUT2D eigenvalue weighted by molar-refractivity contribution is 5.96. The molecule has 0 bridgehead atoms. The number of carbonyl (C=O) groups excluding carboxylic acids is 2. The van der Waals surface area contributed by atoms with Crippen molar-refractivity contribution in [3.8, 4) is 5.75 Å². The van der Waals surface area contributed by atoms with Gasteiger partial charge < -0.3 is 19.4 Å². The summed E-state index contributed by atoms with van der Waals surface area (Å²) in [7, 11) is 0. The number of hydrogen-bond acceptors (Lipinski definition) is 6. The van der Waals surface area contributed by atoms with Crippen LogP contribution in [-0.2, 0) is 11.0 Å². The Morgan fingerprint density at radius 3 is 2.32 bits per heavy atom. The van der Waals surface area contributed by atoms with Crippen LogP contribution in [0.25, 0.3) is 0 Å².